The molecule has 0 saturated carbocycles. The maximum atomic E-state index is 13.1. The SMILES string of the molecule is CCCCNC(=O)c1cn(Cc2ccc(N3CCOCC3)cc2)c(=O)c2c1SC[C@@H]2N. The number of ether oxygens (including phenoxy) is 1. The van der Waals surface area contributed by atoms with E-state index in [2.05, 4.69) is 29.3 Å². The first-order chi connectivity index (χ1) is 15.1. The number of thioether (sulfide) groups is 1. The smallest absolute Gasteiger partial charge is 0.256 e. The number of aromatic nitrogens is 1. The number of carbonyl (C=O) groups is 1. The number of amides is 1. The largest absolute Gasteiger partial charge is 0.378 e. The molecule has 1 atom stereocenters. The van der Waals surface area contributed by atoms with Gasteiger partial charge in [-0.2, -0.15) is 0 Å². The average Bonchev–Trinajstić information content (AvgIpc) is 3.18. The summed E-state index contributed by atoms with van der Waals surface area (Å²) in [6, 6.07) is 7.91. The van der Waals surface area contributed by atoms with Gasteiger partial charge in [-0.25, -0.2) is 0 Å². The van der Waals surface area contributed by atoms with E-state index in [1.165, 1.54) is 11.8 Å². The number of hydrogen-bond donors (Lipinski definition) is 2. The van der Waals surface area contributed by atoms with Crippen molar-refractivity contribution in [1.29, 1.82) is 0 Å². The molecule has 166 valence electrons. The van der Waals surface area contributed by atoms with E-state index in [-0.39, 0.29) is 17.5 Å². The fourth-order valence-electron chi connectivity index (χ4n) is 3.99. The van der Waals surface area contributed by atoms with Crippen molar-refractivity contribution in [2.45, 2.75) is 37.2 Å². The van der Waals surface area contributed by atoms with Gasteiger partial charge in [0.05, 0.1) is 25.3 Å². The van der Waals surface area contributed by atoms with Gasteiger partial charge in [0.1, 0.15) is 0 Å². The number of anilines is 1. The standard InChI is InChI=1S/C23H30N4O3S/c1-2-3-8-25-22(28)18-14-27(23(29)20-19(24)15-31-21(18)20)13-16-4-6-17(7-5-16)26-9-11-30-12-10-26/h4-7,14,19H,2-3,8-13,15,24H2,1H3,(H,25,28)/t19-/m0/s1. The monoisotopic (exact) mass is 442 g/mol. The van der Waals surface area contributed by atoms with Crippen molar-refractivity contribution in [2.24, 2.45) is 5.73 Å². The van der Waals surface area contributed by atoms with Crippen LogP contribution in [0.4, 0.5) is 5.69 Å². The zero-order valence-electron chi connectivity index (χ0n) is 17.9. The van der Waals surface area contributed by atoms with Crippen molar-refractivity contribution in [1.82, 2.24) is 9.88 Å². The van der Waals surface area contributed by atoms with E-state index in [0.29, 0.717) is 30.0 Å². The van der Waals surface area contributed by atoms with Crippen molar-refractivity contribution in [3.63, 3.8) is 0 Å². The van der Waals surface area contributed by atoms with Gasteiger partial charge < -0.3 is 25.3 Å². The normalized spacial score (nSPS) is 18.1. The second-order valence-corrected chi connectivity index (χ2v) is 9.04. The van der Waals surface area contributed by atoms with Gasteiger partial charge in [0.15, 0.2) is 0 Å². The lowest BCUT2D eigenvalue weighted by Gasteiger charge is -2.29. The van der Waals surface area contributed by atoms with E-state index in [1.807, 2.05) is 12.1 Å². The molecular formula is C23H30N4O3S. The highest BCUT2D eigenvalue weighted by Gasteiger charge is 2.29. The topological polar surface area (TPSA) is 89.6 Å². The Morgan fingerprint density at radius 2 is 2.00 bits per heavy atom. The second-order valence-electron chi connectivity index (χ2n) is 8.01. The van der Waals surface area contributed by atoms with E-state index in [1.54, 1.807) is 10.8 Å². The van der Waals surface area contributed by atoms with Crippen LogP contribution in [0.2, 0.25) is 0 Å². The first-order valence-corrected chi connectivity index (χ1v) is 11.9. The van der Waals surface area contributed by atoms with Gasteiger partial charge in [0.2, 0.25) is 0 Å². The van der Waals surface area contributed by atoms with E-state index in [4.69, 9.17) is 10.5 Å². The lowest BCUT2D eigenvalue weighted by molar-refractivity contribution is 0.0949. The minimum absolute atomic E-state index is 0.102. The van der Waals surface area contributed by atoms with Gasteiger partial charge in [0.25, 0.3) is 11.5 Å². The number of fused-ring (bicyclic) bond motifs is 1. The molecule has 2 aromatic rings. The summed E-state index contributed by atoms with van der Waals surface area (Å²) in [5.41, 5.74) is 9.40. The number of morpholine rings is 1. The van der Waals surface area contributed by atoms with Crippen LogP contribution in [-0.4, -0.2) is 49.1 Å². The van der Waals surface area contributed by atoms with Gasteiger partial charge in [0, 0.05) is 53.8 Å². The summed E-state index contributed by atoms with van der Waals surface area (Å²) in [6.45, 7) is 6.38. The maximum Gasteiger partial charge on any atom is 0.256 e. The Labute approximate surface area is 186 Å². The van der Waals surface area contributed by atoms with Crippen molar-refractivity contribution in [2.75, 3.05) is 43.5 Å². The lowest BCUT2D eigenvalue weighted by atomic mass is 10.1. The van der Waals surface area contributed by atoms with E-state index in [9.17, 15) is 9.59 Å². The number of nitrogens with two attached hydrogens (primary N) is 1. The molecule has 1 aromatic carbocycles. The van der Waals surface area contributed by atoms with Crippen LogP contribution in [0, 0.1) is 0 Å². The predicted octanol–water partition coefficient (Wildman–Crippen LogP) is 2.37. The van der Waals surface area contributed by atoms with E-state index in [0.717, 1.165) is 55.3 Å². The Kier molecular flexibility index (Phi) is 6.99. The molecule has 3 N–H and O–H groups in total. The number of benzene rings is 1. The van der Waals surface area contributed by atoms with Crippen LogP contribution in [0.25, 0.3) is 0 Å². The number of rotatable bonds is 7. The molecule has 31 heavy (non-hydrogen) atoms. The summed E-state index contributed by atoms with van der Waals surface area (Å²) in [5, 5.41) is 2.97. The summed E-state index contributed by atoms with van der Waals surface area (Å²) in [6.07, 6.45) is 3.64. The molecule has 1 saturated heterocycles. The van der Waals surface area contributed by atoms with Crippen molar-refractivity contribution >= 4 is 23.4 Å². The van der Waals surface area contributed by atoms with Crippen molar-refractivity contribution < 1.29 is 9.53 Å². The van der Waals surface area contributed by atoms with Gasteiger partial charge in [-0.05, 0) is 24.1 Å². The predicted molar refractivity (Wildman–Crippen MR) is 124 cm³/mol. The highest BCUT2D eigenvalue weighted by atomic mass is 32.2. The Balaban J connectivity index is 1.59. The van der Waals surface area contributed by atoms with E-state index >= 15 is 0 Å². The minimum Gasteiger partial charge on any atom is -0.378 e. The third-order valence-electron chi connectivity index (χ3n) is 5.77. The lowest BCUT2D eigenvalue weighted by Crippen LogP contribution is -2.36. The molecule has 1 fully saturated rings. The highest BCUT2D eigenvalue weighted by molar-refractivity contribution is 7.99. The van der Waals surface area contributed by atoms with Crippen LogP contribution < -0.4 is 21.5 Å². The fourth-order valence-corrected chi connectivity index (χ4v) is 5.20. The zero-order chi connectivity index (χ0) is 21.8. The summed E-state index contributed by atoms with van der Waals surface area (Å²) in [7, 11) is 0. The third kappa shape index (κ3) is 4.81. The summed E-state index contributed by atoms with van der Waals surface area (Å²) >= 11 is 1.50. The molecule has 0 bridgehead atoms. The van der Waals surface area contributed by atoms with E-state index < -0.39 is 0 Å². The summed E-state index contributed by atoms with van der Waals surface area (Å²) in [5.74, 6) is 0.487. The molecule has 0 spiro atoms. The molecule has 2 aliphatic heterocycles. The van der Waals surface area contributed by atoms with Crippen LogP contribution in [0.3, 0.4) is 0 Å². The Morgan fingerprint density at radius 3 is 2.71 bits per heavy atom. The summed E-state index contributed by atoms with van der Waals surface area (Å²) < 4.78 is 7.05. The maximum absolute atomic E-state index is 13.1. The molecule has 1 amide bonds. The van der Waals surface area contributed by atoms with Crippen LogP contribution in [-0.2, 0) is 11.3 Å². The molecule has 2 aliphatic rings. The number of unbranched alkanes of at least 4 members (excludes halogenated alkanes) is 1. The number of hydrogen-bond acceptors (Lipinski definition) is 6. The first kappa shape index (κ1) is 21.9. The van der Waals surface area contributed by atoms with Crippen molar-refractivity contribution in [3.8, 4) is 0 Å². The molecule has 3 heterocycles. The quantitative estimate of drug-likeness (QED) is 0.640. The minimum atomic E-state index is -0.342. The Bertz CT molecular complexity index is 984. The number of carbonyl (C=O) groups excluding carboxylic acids is 1. The first-order valence-electron chi connectivity index (χ1n) is 10.9. The second kappa shape index (κ2) is 9.89. The van der Waals surface area contributed by atoms with Crippen LogP contribution >= 0.6 is 11.8 Å². The van der Waals surface area contributed by atoms with Gasteiger partial charge in [-0.1, -0.05) is 25.5 Å². The third-order valence-corrected chi connectivity index (χ3v) is 7.02. The molecule has 0 unspecified atom stereocenters. The molecule has 0 aliphatic carbocycles. The number of pyridine rings is 1. The fraction of sp³-hybridized carbons (Fsp3) is 0.478. The molecule has 7 nitrogen and oxygen atoms in total. The average molecular weight is 443 g/mol. The van der Waals surface area contributed by atoms with Crippen molar-refractivity contribution in [3.05, 3.63) is 57.5 Å². The Morgan fingerprint density at radius 1 is 1.26 bits per heavy atom. The molecular weight excluding hydrogens is 412 g/mol. The van der Waals surface area contributed by atoms with Crippen LogP contribution in [0.15, 0.2) is 40.2 Å². The molecule has 1 aromatic heterocycles. The van der Waals surface area contributed by atoms with Gasteiger partial charge in [-0.3, -0.25) is 9.59 Å². The van der Waals surface area contributed by atoms with Crippen LogP contribution in [0.1, 0.15) is 47.3 Å². The molecule has 8 heteroatoms. The Hall–Kier alpha value is -2.29. The summed E-state index contributed by atoms with van der Waals surface area (Å²) in [4.78, 5) is 29.0. The zero-order valence-corrected chi connectivity index (χ0v) is 18.7. The molecule has 0 radical (unpaired) electrons. The number of nitrogens with zero attached hydrogens (tertiary/aromatic N) is 2. The van der Waals surface area contributed by atoms with Crippen LogP contribution in [0.5, 0.6) is 0 Å². The highest BCUT2D eigenvalue weighted by Crippen LogP contribution is 2.37. The van der Waals surface area contributed by atoms with Gasteiger partial charge in [-0.15, -0.1) is 11.8 Å². The number of nitrogens with one attached hydrogen (secondary N) is 1. The molecule has 4 rings (SSSR count). The van der Waals surface area contributed by atoms with Gasteiger partial charge >= 0.3 is 0 Å².